The van der Waals surface area contributed by atoms with Gasteiger partial charge < -0.3 is 16.0 Å². The summed E-state index contributed by atoms with van der Waals surface area (Å²) in [7, 11) is 1.51. The molecule has 0 aliphatic rings. The van der Waals surface area contributed by atoms with Gasteiger partial charge >= 0.3 is 0 Å². The van der Waals surface area contributed by atoms with Crippen LogP contribution in [0.4, 0.5) is 18.9 Å². The van der Waals surface area contributed by atoms with E-state index in [9.17, 15) is 27.6 Å². The van der Waals surface area contributed by atoms with Gasteiger partial charge in [0.2, 0.25) is 11.8 Å². The predicted molar refractivity (Wildman–Crippen MR) is 96.8 cm³/mol. The minimum atomic E-state index is -1.70. The number of benzene rings is 2. The Morgan fingerprint density at radius 3 is 2.29 bits per heavy atom. The van der Waals surface area contributed by atoms with E-state index in [1.165, 1.54) is 19.2 Å². The Hall–Kier alpha value is -3.62. The van der Waals surface area contributed by atoms with Crippen molar-refractivity contribution in [3.63, 3.8) is 0 Å². The first-order valence-corrected chi connectivity index (χ1v) is 8.03. The molecule has 0 aromatic heterocycles. The number of amides is 3. The fourth-order valence-corrected chi connectivity index (χ4v) is 2.11. The van der Waals surface area contributed by atoms with E-state index in [2.05, 4.69) is 10.6 Å². The standard InChI is InChI=1S/C19H16F3N3O3/c1-23-19(28)12-5-2-11(3-6-12)4-9-15(26)24-10-16(27)25-14-8-7-13(20)17(21)18(14)22/h2-9H,10H2,1H3,(H,23,28)(H,24,26)(H,25,27)/b9-4+. The topological polar surface area (TPSA) is 87.3 Å². The molecule has 2 aromatic carbocycles. The van der Waals surface area contributed by atoms with E-state index < -0.39 is 41.5 Å². The van der Waals surface area contributed by atoms with Gasteiger partial charge in [0.15, 0.2) is 17.5 Å². The summed E-state index contributed by atoms with van der Waals surface area (Å²) in [4.78, 5) is 34.9. The molecule has 3 N–H and O–H groups in total. The summed E-state index contributed by atoms with van der Waals surface area (Å²) in [6.45, 7) is -0.503. The molecular weight excluding hydrogens is 375 g/mol. The molecule has 0 atom stereocenters. The van der Waals surface area contributed by atoms with Crippen molar-refractivity contribution in [2.45, 2.75) is 0 Å². The molecular formula is C19H16F3N3O3. The summed E-state index contributed by atoms with van der Waals surface area (Å²) in [6, 6.07) is 7.97. The second-order valence-electron chi connectivity index (χ2n) is 5.52. The molecule has 28 heavy (non-hydrogen) atoms. The molecule has 0 heterocycles. The Balaban J connectivity index is 1.86. The molecule has 9 heteroatoms. The first-order chi connectivity index (χ1) is 13.3. The van der Waals surface area contributed by atoms with Crippen molar-refractivity contribution in [2.75, 3.05) is 18.9 Å². The van der Waals surface area contributed by atoms with E-state index in [0.29, 0.717) is 17.2 Å². The zero-order valence-electron chi connectivity index (χ0n) is 14.7. The number of hydrogen-bond acceptors (Lipinski definition) is 3. The van der Waals surface area contributed by atoms with Crippen molar-refractivity contribution in [3.8, 4) is 0 Å². The number of hydrogen-bond donors (Lipinski definition) is 3. The van der Waals surface area contributed by atoms with Gasteiger partial charge in [-0.25, -0.2) is 13.2 Å². The van der Waals surface area contributed by atoms with Crippen LogP contribution in [-0.4, -0.2) is 31.3 Å². The SMILES string of the molecule is CNC(=O)c1ccc(/C=C/C(=O)NCC(=O)Nc2ccc(F)c(F)c2F)cc1. The van der Waals surface area contributed by atoms with Crippen LogP contribution in [-0.2, 0) is 9.59 Å². The van der Waals surface area contributed by atoms with Crippen molar-refractivity contribution in [1.29, 1.82) is 0 Å². The summed E-state index contributed by atoms with van der Waals surface area (Å²) in [5, 5.41) is 6.78. The summed E-state index contributed by atoms with van der Waals surface area (Å²) in [5.74, 6) is -6.26. The van der Waals surface area contributed by atoms with Crippen LogP contribution in [0.2, 0.25) is 0 Å². The highest BCUT2D eigenvalue weighted by atomic mass is 19.2. The van der Waals surface area contributed by atoms with Crippen LogP contribution < -0.4 is 16.0 Å². The first-order valence-electron chi connectivity index (χ1n) is 8.03. The van der Waals surface area contributed by atoms with Crippen LogP contribution in [0.25, 0.3) is 6.08 Å². The van der Waals surface area contributed by atoms with Crippen molar-refractivity contribution in [2.24, 2.45) is 0 Å². The van der Waals surface area contributed by atoms with Gasteiger partial charge in [-0.3, -0.25) is 14.4 Å². The van der Waals surface area contributed by atoms with Gasteiger partial charge in [-0.1, -0.05) is 12.1 Å². The predicted octanol–water partition coefficient (Wildman–Crippen LogP) is 2.23. The van der Waals surface area contributed by atoms with E-state index in [1.54, 1.807) is 24.3 Å². The molecule has 0 fully saturated rings. The Labute approximate surface area is 158 Å². The molecule has 146 valence electrons. The van der Waals surface area contributed by atoms with Crippen molar-refractivity contribution >= 4 is 29.5 Å². The highest BCUT2D eigenvalue weighted by Crippen LogP contribution is 2.19. The van der Waals surface area contributed by atoms with Crippen LogP contribution in [0, 0.1) is 17.5 Å². The molecule has 0 unspecified atom stereocenters. The number of halogens is 3. The molecule has 0 saturated carbocycles. The lowest BCUT2D eigenvalue weighted by atomic mass is 10.1. The van der Waals surface area contributed by atoms with E-state index >= 15 is 0 Å². The third-order valence-electron chi connectivity index (χ3n) is 3.56. The lowest BCUT2D eigenvalue weighted by molar-refractivity contribution is -0.121. The molecule has 6 nitrogen and oxygen atoms in total. The average molecular weight is 391 g/mol. The summed E-state index contributed by atoms with van der Waals surface area (Å²) in [5.41, 5.74) is 0.575. The second kappa shape index (κ2) is 9.36. The number of carbonyl (C=O) groups excluding carboxylic acids is 3. The maximum Gasteiger partial charge on any atom is 0.251 e. The number of anilines is 1. The van der Waals surface area contributed by atoms with Crippen molar-refractivity contribution in [3.05, 3.63) is 71.1 Å². The minimum absolute atomic E-state index is 0.239. The molecule has 0 aliphatic carbocycles. The van der Waals surface area contributed by atoms with Gasteiger partial charge in [-0.15, -0.1) is 0 Å². The number of nitrogens with one attached hydrogen (secondary N) is 3. The monoisotopic (exact) mass is 391 g/mol. The molecule has 2 aromatic rings. The summed E-state index contributed by atoms with van der Waals surface area (Å²) < 4.78 is 39.4. The van der Waals surface area contributed by atoms with Gasteiger partial charge in [-0.2, -0.15) is 0 Å². The Kier molecular flexibility index (Phi) is 6.91. The normalized spacial score (nSPS) is 10.6. The van der Waals surface area contributed by atoms with Crippen molar-refractivity contribution in [1.82, 2.24) is 10.6 Å². The van der Waals surface area contributed by atoms with Gasteiger partial charge in [-0.05, 0) is 35.9 Å². The van der Waals surface area contributed by atoms with Crippen LogP contribution >= 0.6 is 0 Å². The maximum absolute atomic E-state index is 13.5. The summed E-state index contributed by atoms with van der Waals surface area (Å²) in [6.07, 6.45) is 2.64. The van der Waals surface area contributed by atoms with Crippen LogP contribution in [0.15, 0.2) is 42.5 Å². The van der Waals surface area contributed by atoms with E-state index in [0.717, 1.165) is 6.07 Å². The molecule has 0 spiro atoms. The van der Waals surface area contributed by atoms with Crippen molar-refractivity contribution < 1.29 is 27.6 Å². The van der Waals surface area contributed by atoms with Crippen LogP contribution in [0.3, 0.4) is 0 Å². The maximum atomic E-state index is 13.5. The third-order valence-corrected chi connectivity index (χ3v) is 3.56. The fraction of sp³-hybridized carbons (Fsp3) is 0.105. The van der Waals surface area contributed by atoms with E-state index in [4.69, 9.17) is 0 Å². The van der Waals surface area contributed by atoms with Gasteiger partial charge in [0.05, 0.1) is 12.2 Å². The zero-order valence-corrected chi connectivity index (χ0v) is 14.7. The smallest absolute Gasteiger partial charge is 0.251 e. The fourth-order valence-electron chi connectivity index (χ4n) is 2.11. The molecule has 2 rings (SSSR count). The highest BCUT2D eigenvalue weighted by Gasteiger charge is 2.15. The van der Waals surface area contributed by atoms with Gasteiger partial charge in [0.1, 0.15) is 0 Å². The van der Waals surface area contributed by atoms with E-state index in [-0.39, 0.29) is 5.91 Å². The zero-order chi connectivity index (χ0) is 20.7. The highest BCUT2D eigenvalue weighted by molar-refractivity contribution is 5.98. The summed E-state index contributed by atoms with van der Waals surface area (Å²) >= 11 is 0. The molecule has 3 amide bonds. The average Bonchev–Trinajstić information content (AvgIpc) is 2.71. The second-order valence-corrected chi connectivity index (χ2v) is 5.52. The third kappa shape index (κ3) is 5.44. The van der Waals surface area contributed by atoms with Crippen LogP contribution in [0.1, 0.15) is 15.9 Å². The minimum Gasteiger partial charge on any atom is -0.355 e. The lowest BCUT2D eigenvalue weighted by Crippen LogP contribution is -2.32. The lowest BCUT2D eigenvalue weighted by Gasteiger charge is -2.07. The number of rotatable bonds is 6. The molecule has 0 radical (unpaired) electrons. The Morgan fingerprint density at radius 1 is 0.964 bits per heavy atom. The first kappa shape index (κ1) is 20.7. The quantitative estimate of drug-likeness (QED) is 0.521. The molecule has 0 saturated heterocycles. The Bertz CT molecular complexity index is 928. The van der Waals surface area contributed by atoms with Crippen LogP contribution in [0.5, 0.6) is 0 Å². The Morgan fingerprint density at radius 2 is 1.64 bits per heavy atom. The molecule has 0 aliphatic heterocycles. The van der Waals surface area contributed by atoms with Gasteiger partial charge in [0.25, 0.3) is 5.91 Å². The van der Waals surface area contributed by atoms with Gasteiger partial charge in [0, 0.05) is 18.7 Å². The van der Waals surface area contributed by atoms with E-state index in [1.807, 2.05) is 5.32 Å². The molecule has 0 bridgehead atoms. The largest absolute Gasteiger partial charge is 0.355 e. The number of carbonyl (C=O) groups is 3.